The van der Waals surface area contributed by atoms with Gasteiger partial charge in [0.2, 0.25) is 15.9 Å². The van der Waals surface area contributed by atoms with Gasteiger partial charge in [0.25, 0.3) is 0 Å². The zero-order chi connectivity index (χ0) is 20.9. The molecule has 8 heteroatoms. The predicted octanol–water partition coefficient (Wildman–Crippen LogP) is 2.15. The minimum Gasteiger partial charge on any atom is -0.340 e. The first-order valence-electron chi connectivity index (χ1n) is 9.66. The number of piperazine rings is 1. The Morgan fingerprint density at radius 2 is 1.69 bits per heavy atom. The number of hydrogen-bond donors (Lipinski definition) is 1. The summed E-state index contributed by atoms with van der Waals surface area (Å²) in [6.07, 6.45) is 0.103. The molecule has 6 nitrogen and oxygen atoms in total. The monoisotopic (exact) mass is 419 g/mol. The van der Waals surface area contributed by atoms with Gasteiger partial charge in [0, 0.05) is 45.7 Å². The van der Waals surface area contributed by atoms with Crippen molar-refractivity contribution in [3.63, 3.8) is 0 Å². The molecule has 156 valence electrons. The molecule has 0 saturated carbocycles. The van der Waals surface area contributed by atoms with Gasteiger partial charge in [0.15, 0.2) is 0 Å². The summed E-state index contributed by atoms with van der Waals surface area (Å²) in [7, 11) is -3.80. The van der Waals surface area contributed by atoms with Crippen LogP contribution in [0.1, 0.15) is 17.5 Å². The van der Waals surface area contributed by atoms with Crippen LogP contribution in [0.4, 0.5) is 4.39 Å². The molecule has 1 fully saturated rings. The molecule has 0 spiro atoms. The van der Waals surface area contributed by atoms with E-state index in [1.807, 2.05) is 6.92 Å². The fraction of sp³-hybridized carbons (Fsp3) is 0.381. The molecule has 0 bridgehead atoms. The van der Waals surface area contributed by atoms with E-state index in [1.165, 1.54) is 16.4 Å². The van der Waals surface area contributed by atoms with Gasteiger partial charge in [-0.2, -0.15) is 4.31 Å². The van der Waals surface area contributed by atoms with Gasteiger partial charge < -0.3 is 10.2 Å². The standard InChI is InChI=1S/C21H26FN3O3S/c1-17-2-8-20(9-3-17)29(27,28)25(16-18-4-6-19(22)7-5-18)13-10-21(26)24-14-11-23-12-15-24/h2-9,23H,10-16H2,1H3. The summed E-state index contributed by atoms with van der Waals surface area (Å²) in [5.41, 5.74) is 1.62. The molecule has 2 aromatic rings. The Labute approximate surface area is 171 Å². The molecule has 0 aromatic heterocycles. The van der Waals surface area contributed by atoms with Crippen molar-refractivity contribution in [2.45, 2.75) is 24.8 Å². The van der Waals surface area contributed by atoms with Gasteiger partial charge in [-0.05, 0) is 36.8 Å². The summed E-state index contributed by atoms with van der Waals surface area (Å²) in [5.74, 6) is -0.440. The number of nitrogens with one attached hydrogen (secondary N) is 1. The number of sulfonamides is 1. The number of aryl methyl sites for hydroxylation is 1. The van der Waals surface area contributed by atoms with Crippen molar-refractivity contribution in [2.24, 2.45) is 0 Å². The van der Waals surface area contributed by atoms with Gasteiger partial charge in [0.1, 0.15) is 5.82 Å². The first-order valence-corrected chi connectivity index (χ1v) is 11.1. The van der Waals surface area contributed by atoms with Crippen LogP contribution in [-0.2, 0) is 21.4 Å². The zero-order valence-corrected chi connectivity index (χ0v) is 17.3. The van der Waals surface area contributed by atoms with Gasteiger partial charge in [-0.3, -0.25) is 4.79 Å². The zero-order valence-electron chi connectivity index (χ0n) is 16.5. The Kier molecular flexibility index (Phi) is 7.00. The summed E-state index contributed by atoms with van der Waals surface area (Å²) in [6.45, 7) is 4.77. The summed E-state index contributed by atoms with van der Waals surface area (Å²) in [5, 5.41) is 3.19. The maximum Gasteiger partial charge on any atom is 0.243 e. The molecule has 0 radical (unpaired) electrons. The second kappa shape index (κ2) is 9.47. The van der Waals surface area contributed by atoms with E-state index >= 15 is 0 Å². The fourth-order valence-electron chi connectivity index (χ4n) is 3.23. The van der Waals surface area contributed by atoms with Crippen molar-refractivity contribution < 1.29 is 17.6 Å². The molecule has 1 heterocycles. The lowest BCUT2D eigenvalue weighted by molar-refractivity contribution is -0.131. The molecular weight excluding hydrogens is 393 g/mol. The second-order valence-corrected chi connectivity index (χ2v) is 9.10. The van der Waals surface area contributed by atoms with Gasteiger partial charge in [-0.15, -0.1) is 0 Å². The molecule has 1 amide bonds. The van der Waals surface area contributed by atoms with Crippen molar-refractivity contribution >= 4 is 15.9 Å². The Balaban J connectivity index is 1.79. The van der Waals surface area contributed by atoms with Gasteiger partial charge >= 0.3 is 0 Å². The van der Waals surface area contributed by atoms with Crippen LogP contribution >= 0.6 is 0 Å². The smallest absolute Gasteiger partial charge is 0.243 e. The maximum atomic E-state index is 13.2. The van der Waals surface area contributed by atoms with E-state index in [1.54, 1.807) is 41.3 Å². The highest BCUT2D eigenvalue weighted by molar-refractivity contribution is 7.89. The topological polar surface area (TPSA) is 69.7 Å². The molecule has 0 aliphatic carbocycles. The van der Waals surface area contributed by atoms with E-state index in [4.69, 9.17) is 0 Å². The Bertz CT molecular complexity index is 925. The van der Waals surface area contributed by atoms with Crippen molar-refractivity contribution in [1.29, 1.82) is 0 Å². The van der Waals surface area contributed by atoms with Crippen molar-refractivity contribution in [3.8, 4) is 0 Å². The van der Waals surface area contributed by atoms with Gasteiger partial charge in [-0.25, -0.2) is 12.8 Å². The first-order chi connectivity index (χ1) is 13.9. The van der Waals surface area contributed by atoms with Crippen molar-refractivity contribution in [2.75, 3.05) is 32.7 Å². The van der Waals surface area contributed by atoms with Gasteiger partial charge in [0.05, 0.1) is 4.90 Å². The third-order valence-corrected chi connectivity index (χ3v) is 6.84. The summed E-state index contributed by atoms with van der Waals surface area (Å²) < 4.78 is 41.0. The number of carbonyl (C=O) groups is 1. The summed E-state index contributed by atoms with van der Waals surface area (Å²) in [6, 6.07) is 12.4. The third-order valence-electron chi connectivity index (χ3n) is 4.98. The van der Waals surface area contributed by atoms with Crippen LogP contribution < -0.4 is 5.32 Å². The largest absolute Gasteiger partial charge is 0.340 e. The van der Waals surface area contributed by atoms with E-state index in [2.05, 4.69) is 5.32 Å². The third kappa shape index (κ3) is 5.62. The molecule has 1 aliphatic heterocycles. The first kappa shape index (κ1) is 21.4. The molecule has 1 aliphatic rings. The number of benzene rings is 2. The van der Waals surface area contributed by atoms with Crippen LogP contribution in [0.5, 0.6) is 0 Å². The molecule has 3 rings (SSSR count). The Morgan fingerprint density at radius 1 is 1.07 bits per heavy atom. The fourth-order valence-corrected chi connectivity index (χ4v) is 4.66. The lowest BCUT2D eigenvalue weighted by atomic mass is 10.2. The lowest BCUT2D eigenvalue weighted by Crippen LogP contribution is -2.47. The summed E-state index contributed by atoms with van der Waals surface area (Å²) >= 11 is 0. The van der Waals surface area contributed by atoms with E-state index in [0.29, 0.717) is 18.7 Å². The number of hydrogen-bond acceptors (Lipinski definition) is 4. The van der Waals surface area contributed by atoms with Crippen molar-refractivity contribution in [3.05, 3.63) is 65.5 Å². The number of amides is 1. The molecule has 2 aromatic carbocycles. The molecular formula is C21H26FN3O3S. The molecule has 0 atom stereocenters. The van der Waals surface area contributed by atoms with Gasteiger partial charge in [-0.1, -0.05) is 29.8 Å². The Hall–Kier alpha value is -2.29. The normalized spacial score (nSPS) is 14.9. The molecule has 1 saturated heterocycles. The molecule has 29 heavy (non-hydrogen) atoms. The molecule has 0 unspecified atom stereocenters. The van der Waals surface area contributed by atoms with E-state index in [9.17, 15) is 17.6 Å². The SMILES string of the molecule is Cc1ccc(S(=O)(=O)N(CCC(=O)N2CCNCC2)Cc2ccc(F)cc2)cc1. The van der Waals surface area contributed by atoms with E-state index in [0.717, 1.165) is 18.7 Å². The lowest BCUT2D eigenvalue weighted by Gasteiger charge is -2.29. The van der Waals surface area contributed by atoms with Crippen LogP contribution in [-0.4, -0.2) is 56.3 Å². The maximum absolute atomic E-state index is 13.2. The number of rotatable bonds is 7. The van der Waals surface area contributed by atoms with Crippen LogP contribution in [0.3, 0.4) is 0 Å². The van der Waals surface area contributed by atoms with Crippen LogP contribution in [0.2, 0.25) is 0 Å². The second-order valence-electron chi connectivity index (χ2n) is 7.16. The van der Waals surface area contributed by atoms with Crippen LogP contribution in [0.15, 0.2) is 53.4 Å². The number of halogens is 1. The highest BCUT2D eigenvalue weighted by atomic mass is 32.2. The highest BCUT2D eigenvalue weighted by Gasteiger charge is 2.26. The Morgan fingerprint density at radius 3 is 2.31 bits per heavy atom. The quantitative estimate of drug-likeness (QED) is 0.747. The van der Waals surface area contributed by atoms with Crippen molar-refractivity contribution in [1.82, 2.24) is 14.5 Å². The predicted molar refractivity (Wildman–Crippen MR) is 109 cm³/mol. The minimum atomic E-state index is -3.80. The van der Waals surface area contributed by atoms with Crippen LogP contribution in [0.25, 0.3) is 0 Å². The minimum absolute atomic E-state index is 0.0605. The highest BCUT2D eigenvalue weighted by Crippen LogP contribution is 2.20. The average molecular weight is 420 g/mol. The number of nitrogens with zero attached hydrogens (tertiary/aromatic N) is 2. The van der Waals surface area contributed by atoms with E-state index < -0.39 is 10.0 Å². The average Bonchev–Trinajstić information content (AvgIpc) is 2.73. The molecule has 1 N–H and O–H groups in total. The van der Waals surface area contributed by atoms with E-state index in [-0.39, 0.29) is 36.1 Å². The number of carbonyl (C=O) groups excluding carboxylic acids is 1. The summed E-state index contributed by atoms with van der Waals surface area (Å²) in [4.78, 5) is 14.5. The van der Waals surface area contributed by atoms with Crippen LogP contribution in [0, 0.1) is 12.7 Å².